The molecule has 0 saturated heterocycles. The predicted molar refractivity (Wildman–Crippen MR) is 54.8 cm³/mol. The Hall–Kier alpha value is -1.17. The summed E-state index contributed by atoms with van der Waals surface area (Å²) in [6.45, 7) is -1.09. The lowest BCUT2D eigenvalue weighted by atomic mass is 10.2. The molecule has 15 heavy (non-hydrogen) atoms. The second-order valence-corrected chi connectivity index (χ2v) is 3.53. The molecule has 0 fully saturated rings. The summed E-state index contributed by atoms with van der Waals surface area (Å²) in [5.74, 6) is -1.38. The Morgan fingerprint density at radius 1 is 1.53 bits per heavy atom. The highest BCUT2D eigenvalue weighted by Crippen LogP contribution is 2.23. The van der Waals surface area contributed by atoms with Gasteiger partial charge in [0.2, 0.25) is 0 Å². The molecule has 0 heterocycles. The number of carbonyl (C=O) groups excluding carboxylic acids is 1. The summed E-state index contributed by atoms with van der Waals surface area (Å²) in [5.41, 5.74) is 5.19. The molecule has 0 saturated carbocycles. The fourth-order valence-electron chi connectivity index (χ4n) is 0.931. The maximum atomic E-state index is 12.9. The van der Waals surface area contributed by atoms with E-state index in [2.05, 4.69) is 20.7 Å². The third-order valence-electron chi connectivity index (χ3n) is 1.62. The number of halogens is 3. The van der Waals surface area contributed by atoms with Crippen LogP contribution in [0.15, 0.2) is 16.6 Å². The van der Waals surface area contributed by atoms with Gasteiger partial charge in [-0.2, -0.15) is 0 Å². The van der Waals surface area contributed by atoms with Crippen LogP contribution in [0.25, 0.3) is 0 Å². The van der Waals surface area contributed by atoms with E-state index in [1.807, 2.05) is 0 Å². The van der Waals surface area contributed by atoms with E-state index in [0.29, 0.717) is 0 Å². The lowest BCUT2D eigenvalue weighted by Crippen LogP contribution is -2.09. The number of alkyl halides is 1. The SMILES string of the molecule is Nc1cc(C(=O)OCCF)c(Br)cc1F. The average Bonchev–Trinajstić information content (AvgIpc) is 2.20. The van der Waals surface area contributed by atoms with Crippen molar-refractivity contribution in [3.63, 3.8) is 0 Å². The molecule has 0 radical (unpaired) electrons. The zero-order valence-corrected chi connectivity index (χ0v) is 9.18. The molecule has 0 aliphatic rings. The molecule has 1 rings (SSSR count). The topological polar surface area (TPSA) is 52.3 Å². The maximum Gasteiger partial charge on any atom is 0.339 e. The first kappa shape index (κ1) is 11.9. The van der Waals surface area contributed by atoms with E-state index in [1.165, 1.54) is 0 Å². The highest BCUT2D eigenvalue weighted by molar-refractivity contribution is 9.10. The Bertz CT molecular complexity index is 385. The van der Waals surface area contributed by atoms with Gasteiger partial charge in [0.1, 0.15) is 19.1 Å². The zero-order chi connectivity index (χ0) is 11.4. The number of rotatable bonds is 3. The minimum absolute atomic E-state index is 0.0716. The molecular formula is C9H8BrF2NO2. The molecule has 0 aliphatic heterocycles. The van der Waals surface area contributed by atoms with Crippen LogP contribution in [0.4, 0.5) is 14.5 Å². The van der Waals surface area contributed by atoms with Gasteiger partial charge in [-0.05, 0) is 28.1 Å². The first-order chi connectivity index (χ1) is 7.06. The lowest BCUT2D eigenvalue weighted by Gasteiger charge is -2.06. The number of benzene rings is 1. The maximum absolute atomic E-state index is 12.9. The van der Waals surface area contributed by atoms with Gasteiger partial charge >= 0.3 is 5.97 Å². The van der Waals surface area contributed by atoms with Gasteiger partial charge in [-0.3, -0.25) is 0 Å². The summed E-state index contributed by atoms with van der Waals surface area (Å²) in [7, 11) is 0. The second kappa shape index (κ2) is 5.06. The van der Waals surface area contributed by atoms with Crippen LogP contribution in [0.2, 0.25) is 0 Å². The molecule has 0 atom stereocenters. The summed E-state index contributed by atoms with van der Waals surface area (Å²) in [5, 5.41) is 0. The zero-order valence-electron chi connectivity index (χ0n) is 7.60. The van der Waals surface area contributed by atoms with E-state index in [9.17, 15) is 13.6 Å². The minimum Gasteiger partial charge on any atom is -0.459 e. The summed E-state index contributed by atoms with van der Waals surface area (Å²) in [6, 6.07) is 2.20. The summed E-state index contributed by atoms with van der Waals surface area (Å²) >= 11 is 2.98. The summed E-state index contributed by atoms with van der Waals surface area (Å²) in [6.07, 6.45) is 0. The predicted octanol–water partition coefficient (Wildman–Crippen LogP) is 2.30. The normalized spacial score (nSPS) is 10.1. The Balaban J connectivity index is 2.94. The van der Waals surface area contributed by atoms with E-state index >= 15 is 0 Å². The largest absolute Gasteiger partial charge is 0.459 e. The van der Waals surface area contributed by atoms with Gasteiger partial charge in [0, 0.05) is 4.47 Å². The molecule has 0 aliphatic carbocycles. The number of ether oxygens (including phenoxy) is 1. The van der Waals surface area contributed by atoms with Gasteiger partial charge in [0.15, 0.2) is 0 Å². The van der Waals surface area contributed by atoms with Gasteiger partial charge in [-0.25, -0.2) is 13.6 Å². The fourth-order valence-corrected chi connectivity index (χ4v) is 1.41. The smallest absolute Gasteiger partial charge is 0.339 e. The second-order valence-electron chi connectivity index (χ2n) is 2.68. The molecule has 0 amide bonds. The van der Waals surface area contributed by atoms with Crippen molar-refractivity contribution in [1.29, 1.82) is 0 Å². The number of anilines is 1. The van der Waals surface area contributed by atoms with Gasteiger partial charge in [0.25, 0.3) is 0 Å². The minimum atomic E-state index is -0.764. The molecule has 0 aromatic heterocycles. The number of hydrogen-bond donors (Lipinski definition) is 1. The highest BCUT2D eigenvalue weighted by atomic mass is 79.9. The number of esters is 1. The standard InChI is InChI=1S/C9H8BrF2NO2/c10-6-4-7(12)8(13)3-5(6)9(14)15-2-1-11/h3-4H,1-2,13H2. The highest BCUT2D eigenvalue weighted by Gasteiger charge is 2.14. The van der Waals surface area contributed by atoms with Crippen molar-refractivity contribution >= 4 is 27.6 Å². The average molecular weight is 280 g/mol. The van der Waals surface area contributed by atoms with E-state index < -0.39 is 18.5 Å². The van der Waals surface area contributed by atoms with E-state index in [0.717, 1.165) is 12.1 Å². The van der Waals surface area contributed by atoms with Crippen molar-refractivity contribution in [3.8, 4) is 0 Å². The van der Waals surface area contributed by atoms with Crippen molar-refractivity contribution in [1.82, 2.24) is 0 Å². The van der Waals surface area contributed by atoms with Crippen molar-refractivity contribution in [2.45, 2.75) is 0 Å². The summed E-state index contributed by atoms with van der Waals surface area (Å²) in [4.78, 5) is 11.3. The Morgan fingerprint density at radius 2 is 2.20 bits per heavy atom. The van der Waals surface area contributed by atoms with Crippen molar-refractivity contribution < 1.29 is 18.3 Å². The van der Waals surface area contributed by atoms with Crippen molar-refractivity contribution in [2.24, 2.45) is 0 Å². The quantitative estimate of drug-likeness (QED) is 0.682. The van der Waals surface area contributed by atoms with Crippen LogP contribution in [0, 0.1) is 5.82 Å². The number of hydrogen-bond acceptors (Lipinski definition) is 3. The van der Waals surface area contributed by atoms with Gasteiger partial charge in [-0.15, -0.1) is 0 Å². The van der Waals surface area contributed by atoms with Crippen molar-refractivity contribution in [3.05, 3.63) is 28.0 Å². The Kier molecular flexibility index (Phi) is 4.02. The van der Waals surface area contributed by atoms with Crippen LogP contribution in [-0.4, -0.2) is 19.3 Å². The first-order valence-electron chi connectivity index (χ1n) is 4.04. The monoisotopic (exact) mass is 279 g/mol. The molecule has 0 bridgehead atoms. The third-order valence-corrected chi connectivity index (χ3v) is 2.27. The van der Waals surface area contributed by atoms with Crippen LogP contribution in [0.1, 0.15) is 10.4 Å². The molecule has 82 valence electrons. The van der Waals surface area contributed by atoms with Crippen LogP contribution in [-0.2, 0) is 4.74 Å². The van der Waals surface area contributed by atoms with E-state index in [1.54, 1.807) is 0 Å². The molecule has 1 aromatic carbocycles. The number of nitrogen functional groups attached to an aromatic ring is 1. The fraction of sp³-hybridized carbons (Fsp3) is 0.222. The molecule has 6 heteroatoms. The van der Waals surface area contributed by atoms with Gasteiger partial charge < -0.3 is 10.5 Å². The first-order valence-corrected chi connectivity index (χ1v) is 4.83. The third kappa shape index (κ3) is 2.89. The van der Waals surface area contributed by atoms with Crippen LogP contribution < -0.4 is 5.73 Å². The molecule has 0 spiro atoms. The number of carbonyl (C=O) groups is 1. The summed E-state index contributed by atoms with van der Waals surface area (Å²) < 4.78 is 29.4. The van der Waals surface area contributed by atoms with Gasteiger partial charge in [0.05, 0.1) is 11.3 Å². The molecule has 1 aromatic rings. The molecule has 3 nitrogen and oxygen atoms in total. The van der Waals surface area contributed by atoms with E-state index in [4.69, 9.17) is 5.73 Å². The van der Waals surface area contributed by atoms with Gasteiger partial charge in [-0.1, -0.05) is 0 Å². The van der Waals surface area contributed by atoms with Crippen LogP contribution >= 0.6 is 15.9 Å². The van der Waals surface area contributed by atoms with Crippen LogP contribution in [0.3, 0.4) is 0 Å². The molecule has 2 N–H and O–H groups in total. The van der Waals surface area contributed by atoms with Crippen molar-refractivity contribution in [2.75, 3.05) is 19.0 Å². The Labute approximate surface area is 93.3 Å². The number of nitrogens with two attached hydrogens (primary N) is 1. The van der Waals surface area contributed by atoms with Crippen LogP contribution in [0.5, 0.6) is 0 Å². The Morgan fingerprint density at radius 3 is 2.80 bits per heavy atom. The lowest BCUT2D eigenvalue weighted by molar-refractivity contribution is 0.0480. The molecular weight excluding hydrogens is 272 g/mol. The molecule has 0 unspecified atom stereocenters. The van der Waals surface area contributed by atoms with E-state index in [-0.39, 0.29) is 22.3 Å².